The predicted molar refractivity (Wildman–Crippen MR) is 105 cm³/mol. The van der Waals surface area contributed by atoms with Gasteiger partial charge in [0.2, 0.25) is 5.89 Å². The molecule has 0 aliphatic rings. The number of rotatable bonds is 8. The van der Waals surface area contributed by atoms with Crippen LogP contribution in [0.4, 0.5) is 5.69 Å². The monoisotopic (exact) mass is 356 g/mol. The van der Waals surface area contributed by atoms with Crippen molar-refractivity contribution in [3.8, 4) is 10.8 Å². The lowest BCUT2D eigenvalue weighted by molar-refractivity contribution is 0.473. The molecular formula is C20H24N2O2S. The maximum Gasteiger partial charge on any atom is 0.347 e. The van der Waals surface area contributed by atoms with Gasteiger partial charge in [-0.1, -0.05) is 39.2 Å². The number of hydrogen-bond acceptors (Lipinski definition) is 5. The largest absolute Gasteiger partial charge is 0.402 e. The van der Waals surface area contributed by atoms with Crippen LogP contribution in [0, 0.1) is 5.92 Å². The van der Waals surface area contributed by atoms with Gasteiger partial charge < -0.3 is 9.73 Å². The highest BCUT2D eigenvalue weighted by Crippen LogP contribution is 2.24. The van der Waals surface area contributed by atoms with E-state index in [1.807, 2.05) is 35.7 Å². The molecule has 1 aromatic carbocycles. The molecule has 1 unspecified atom stereocenters. The van der Waals surface area contributed by atoms with Gasteiger partial charge in [0.15, 0.2) is 0 Å². The van der Waals surface area contributed by atoms with Crippen LogP contribution in [0.1, 0.15) is 39.5 Å². The highest BCUT2D eigenvalue weighted by atomic mass is 32.1. The van der Waals surface area contributed by atoms with Gasteiger partial charge in [-0.3, -0.25) is 0 Å². The molecular weight excluding hydrogens is 332 g/mol. The normalized spacial score (nSPS) is 12.4. The molecule has 0 radical (unpaired) electrons. The number of nitrogens with zero attached hydrogens (tertiary/aromatic N) is 1. The number of aromatic nitrogens is 1. The fraction of sp³-hybridized carbons (Fsp3) is 0.400. The highest BCUT2D eigenvalue weighted by Gasteiger charge is 2.11. The van der Waals surface area contributed by atoms with Crippen molar-refractivity contribution in [1.82, 2.24) is 4.98 Å². The van der Waals surface area contributed by atoms with Crippen LogP contribution in [0.3, 0.4) is 0 Å². The molecule has 0 fully saturated rings. The van der Waals surface area contributed by atoms with E-state index in [0.29, 0.717) is 22.7 Å². The average molecular weight is 356 g/mol. The predicted octanol–water partition coefficient (Wildman–Crippen LogP) is 5.54. The summed E-state index contributed by atoms with van der Waals surface area (Å²) in [5, 5.41) is 5.92. The van der Waals surface area contributed by atoms with Crippen molar-refractivity contribution < 1.29 is 4.42 Å². The van der Waals surface area contributed by atoms with Crippen molar-refractivity contribution in [2.24, 2.45) is 5.92 Å². The lowest BCUT2D eigenvalue weighted by atomic mass is 9.99. The molecule has 5 heteroatoms. The Bertz CT molecular complexity index is 871. The SMILES string of the molecule is CCCCC(CC)CNc1ccc2nc(-c3cccs3)oc(=O)c2c1. The third-order valence-electron chi connectivity index (χ3n) is 4.50. The van der Waals surface area contributed by atoms with Crippen LogP contribution >= 0.6 is 11.3 Å². The first-order valence-electron chi connectivity index (χ1n) is 8.94. The molecule has 1 atom stereocenters. The summed E-state index contributed by atoms with van der Waals surface area (Å²) in [6.45, 7) is 5.38. The van der Waals surface area contributed by atoms with Crippen molar-refractivity contribution >= 4 is 27.9 Å². The van der Waals surface area contributed by atoms with Gasteiger partial charge in [0, 0.05) is 12.2 Å². The first-order chi connectivity index (χ1) is 12.2. The van der Waals surface area contributed by atoms with Crippen LogP contribution in [0.15, 0.2) is 44.9 Å². The van der Waals surface area contributed by atoms with Crippen LogP contribution in [0.5, 0.6) is 0 Å². The number of thiophene rings is 1. The lowest BCUT2D eigenvalue weighted by Crippen LogP contribution is -2.14. The minimum Gasteiger partial charge on any atom is -0.402 e. The van der Waals surface area contributed by atoms with E-state index in [4.69, 9.17) is 4.42 Å². The number of benzene rings is 1. The first kappa shape index (κ1) is 17.7. The summed E-state index contributed by atoms with van der Waals surface area (Å²) < 4.78 is 5.41. The van der Waals surface area contributed by atoms with Crippen molar-refractivity contribution in [3.05, 3.63) is 46.1 Å². The van der Waals surface area contributed by atoms with Crippen LogP contribution in [-0.2, 0) is 0 Å². The number of nitrogens with one attached hydrogen (secondary N) is 1. The van der Waals surface area contributed by atoms with Gasteiger partial charge in [-0.2, -0.15) is 0 Å². The smallest absolute Gasteiger partial charge is 0.347 e. The molecule has 0 saturated carbocycles. The van der Waals surface area contributed by atoms with Gasteiger partial charge in [-0.15, -0.1) is 11.3 Å². The second-order valence-electron chi connectivity index (χ2n) is 6.31. The number of hydrogen-bond donors (Lipinski definition) is 1. The summed E-state index contributed by atoms with van der Waals surface area (Å²) in [5.74, 6) is 1.05. The minimum absolute atomic E-state index is 0.338. The highest BCUT2D eigenvalue weighted by molar-refractivity contribution is 7.13. The molecule has 3 aromatic rings. The Morgan fingerprint density at radius 3 is 2.88 bits per heavy atom. The molecule has 0 aliphatic heterocycles. The second-order valence-corrected chi connectivity index (χ2v) is 7.26. The van der Waals surface area contributed by atoms with Gasteiger partial charge in [0.05, 0.1) is 15.8 Å². The Kier molecular flexibility index (Phi) is 5.87. The lowest BCUT2D eigenvalue weighted by Gasteiger charge is -2.16. The van der Waals surface area contributed by atoms with Crippen molar-refractivity contribution in [3.63, 3.8) is 0 Å². The van der Waals surface area contributed by atoms with Crippen LogP contribution in [0.25, 0.3) is 21.7 Å². The van der Waals surface area contributed by atoms with Crippen LogP contribution < -0.4 is 10.9 Å². The molecule has 0 bridgehead atoms. The van der Waals surface area contributed by atoms with Gasteiger partial charge in [-0.25, -0.2) is 9.78 Å². The summed E-state index contributed by atoms with van der Waals surface area (Å²) in [7, 11) is 0. The standard InChI is InChI=1S/C20H24N2O2S/c1-3-5-7-14(4-2)13-21-15-9-10-17-16(12-15)20(23)24-19(22-17)18-8-6-11-25-18/h6,8-12,14,21H,3-5,7,13H2,1-2H3. The molecule has 132 valence electrons. The average Bonchev–Trinajstić information content (AvgIpc) is 3.17. The Morgan fingerprint density at radius 2 is 2.16 bits per heavy atom. The van der Waals surface area contributed by atoms with E-state index in [0.717, 1.165) is 23.5 Å². The zero-order valence-electron chi connectivity index (χ0n) is 14.7. The fourth-order valence-corrected chi connectivity index (χ4v) is 3.54. The van der Waals surface area contributed by atoms with Crippen molar-refractivity contribution in [2.45, 2.75) is 39.5 Å². The first-order valence-corrected chi connectivity index (χ1v) is 9.81. The Hall–Kier alpha value is -2.14. The van der Waals surface area contributed by atoms with E-state index in [9.17, 15) is 4.79 Å². The summed E-state index contributed by atoms with van der Waals surface area (Å²) in [6, 6.07) is 9.54. The number of unbranched alkanes of at least 4 members (excludes halogenated alkanes) is 1. The maximum absolute atomic E-state index is 12.4. The molecule has 4 nitrogen and oxygen atoms in total. The second kappa shape index (κ2) is 8.30. The van der Waals surface area contributed by atoms with Crippen LogP contribution in [0.2, 0.25) is 0 Å². The van der Waals surface area contributed by atoms with Crippen LogP contribution in [-0.4, -0.2) is 11.5 Å². The summed E-state index contributed by atoms with van der Waals surface area (Å²) >= 11 is 1.51. The topological polar surface area (TPSA) is 55.1 Å². The number of anilines is 1. The molecule has 3 rings (SSSR count). The molecule has 0 spiro atoms. The molecule has 2 heterocycles. The van der Waals surface area contributed by atoms with E-state index in [1.54, 1.807) is 0 Å². The van der Waals surface area contributed by atoms with E-state index in [1.165, 1.54) is 30.6 Å². The third kappa shape index (κ3) is 4.28. The van der Waals surface area contributed by atoms with E-state index >= 15 is 0 Å². The Labute approximate surface area is 151 Å². The van der Waals surface area contributed by atoms with Crippen molar-refractivity contribution in [2.75, 3.05) is 11.9 Å². The fourth-order valence-electron chi connectivity index (χ4n) is 2.89. The molecule has 1 N–H and O–H groups in total. The van der Waals surface area contributed by atoms with Gasteiger partial charge in [0.25, 0.3) is 0 Å². The molecule has 2 aromatic heterocycles. The minimum atomic E-state index is -0.338. The zero-order chi connectivity index (χ0) is 17.6. The van der Waals surface area contributed by atoms with E-state index in [2.05, 4.69) is 24.1 Å². The van der Waals surface area contributed by atoms with Gasteiger partial charge >= 0.3 is 5.63 Å². The van der Waals surface area contributed by atoms with Gasteiger partial charge in [0.1, 0.15) is 0 Å². The van der Waals surface area contributed by atoms with Gasteiger partial charge in [-0.05, 0) is 42.0 Å². The summed E-state index contributed by atoms with van der Waals surface area (Å²) in [6.07, 6.45) is 4.89. The third-order valence-corrected chi connectivity index (χ3v) is 5.36. The van der Waals surface area contributed by atoms with E-state index < -0.39 is 0 Å². The maximum atomic E-state index is 12.4. The quantitative estimate of drug-likeness (QED) is 0.575. The Morgan fingerprint density at radius 1 is 1.28 bits per heavy atom. The Balaban J connectivity index is 1.79. The molecule has 0 saturated heterocycles. The van der Waals surface area contributed by atoms with Crippen molar-refractivity contribution in [1.29, 1.82) is 0 Å². The zero-order valence-corrected chi connectivity index (χ0v) is 15.6. The molecule has 0 aliphatic carbocycles. The molecule has 0 amide bonds. The van der Waals surface area contributed by atoms with E-state index in [-0.39, 0.29) is 5.63 Å². The summed E-state index contributed by atoms with van der Waals surface area (Å²) in [5.41, 5.74) is 1.28. The number of fused-ring (bicyclic) bond motifs is 1. The molecule has 25 heavy (non-hydrogen) atoms. The summed E-state index contributed by atoms with van der Waals surface area (Å²) in [4.78, 5) is 17.7.